The third-order valence-corrected chi connectivity index (χ3v) is 1.92. The number of rotatable bonds is 3. The molecule has 0 bridgehead atoms. The fourth-order valence-electron chi connectivity index (χ4n) is 1.22. The van der Waals surface area contributed by atoms with Gasteiger partial charge in [-0.2, -0.15) is 0 Å². The molecule has 0 saturated carbocycles. The van der Waals surface area contributed by atoms with E-state index in [0.29, 0.717) is 19.2 Å². The highest BCUT2D eigenvalue weighted by Crippen LogP contribution is 2.15. The summed E-state index contributed by atoms with van der Waals surface area (Å²) < 4.78 is 15.6. The van der Waals surface area contributed by atoms with Crippen molar-refractivity contribution in [1.82, 2.24) is 0 Å². The predicted octanol–water partition coefficient (Wildman–Crippen LogP) is 2.05. The first-order chi connectivity index (χ1) is 6.84. The fraction of sp³-hybridized carbons (Fsp3) is 0.273. The molecule has 1 aliphatic rings. The Hall–Kier alpha value is -1.48. The molecule has 1 aliphatic heterocycles. The van der Waals surface area contributed by atoms with Crippen LogP contribution in [0.15, 0.2) is 42.9 Å². The normalized spacial score (nSPS) is 20.3. The summed E-state index contributed by atoms with van der Waals surface area (Å²) in [5, 5.41) is 0. The average Bonchev–Trinajstić information content (AvgIpc) is 2.63. The summed E-state index contributed by atoms with van der Waals surface area (Å²) in [7, 11) is 0. The fourth-order valence-corrected chi connectivity index (χ4v) is 1.22. The molecule has 74 valence electrons. The lowest BCUT2D eigenvalue weighted by Gasteiger charge is -2.08. The van der Waals surface area contributed by atoms with Gasteiger partial charge in [0.1, 0.15) is 0 Å². The van der Waals surface area contributed by atoms with Crippen molar-refractivity contribution in [2.45, 2.75) is 12.9 Å². The quantitative estimate of drug-likeness (QED) is 0.733. The van der Waals surface area contributed by atoms with Crippen molar-refractivity contribution in [2.24, 2.45) is 0 Å². The summed E-state index contributed by atoms with van der Waals surface area (Å²) in [5.41, 5.74) is 1.12. The van der Waals surface area contributed by atoms with Crippen LogP contribution in [0, 0.1) is 0 Å². The zero-order valence-electron chi connectivity index (χ0n) is 7.81. The van der Waals surface area contributed by atoms with Crippen LogP contribution in [0.3, 0.4) is 0 Å². The van der Waals surface area contributed by atoms with Crippen LogP contribution < -0.4 is 0 Å². The molecule has 1 aromatic carbocycles. The van der Waals surface area contributed by atoms with Crippen LogP contribution in [0.4, 0.5) is 0 Å². The van der Waals surface area contributed by atoms with E-state index in [0.717, 1.165) is 5.56 Å². The Morgan fingerprint density at radius 2 is 2.14 bits per heavy atom. The van der Waals surface area contributed by atoms with Gasteiger partial charge in [0.25, 0.3) is 5.95 Å². The van der Waals surface area contributed by atoms with Crippen molar-refractivity contribution in [1.29, 1.82) is 0 Å². The molecule has 1 unspecified atom stereocenters. The molecule has 0 amide bonds. The van der Waals surface area contributed by atoms with Crippen molar-refractivity contribution in [3.8, 4) is 0 Å². The minimum atomic E-state index is -0.317. The van der Waals surface area contributed by atoms with Gasteiger partial charge in [0.2, 0.25) is 6.29 Å². The van der Waals surface area contributed by atoms with Gasteiger partial charge in [0, 0.05) is 0 Å². The number of hydrogen-bond acceptors (Lipinski definition) is 3. The zero-order chi connectivity index (χ0) is 9.80. The van der Waals surface area contributed by atoms with Gasteiger partial charge in [0.05, 0.1) is 6.61 Å². The molecule has 0 spiro atoms. The molecule has 1 aromatic rings. The summed E-state index contributed by atoms with van der Waals surface area (Å²) in [5.74, 6) is 0.336. The molecular formula is C11H12O3. The summed E-state index contributed by atoms with van der Waals surface area (Å²) in [6.07, 6.45) is -0.317. The van der Waals surface area contributed by atoms with E-state index in [4.69, 9.17) is 14.2 Å². The van der Waals surface area contributed by atoms with Crippen molar-refractivity contribution in [3.05, 3.63) is 48.4 Å². The smallest absolute Gasteiger partial charge is 0.274 e. The molecule has 0 N–H and O–H groups in total. The van der Waals surface area contributed by atoms with E-state index < -0.39 is 0 Å². The Kier molecular flexibility index (Phi) is 2.70. The van der Waals surface area contributed by atoms with Gasteiger partial charge in [0.15, 0.2) is 6.61 Å². The first kappa shape index (κ1) is 9.09. The van der Waals surface area contributed by atoms with Gasteiger partial charge < -0.3 is 14.2 Å². The van der Waals surface area contributed by atoms with E-state index in [1.165, 1.54) is 0 Å². The van der Waals surface area contributed by atoms with Gasteiger partial charge in [-0.25, -0.2) is 0 Å². The Morgan fingerprint density at radius 3 is 2.79 bits per heavy atom. The molecule has 14 heavy (non-hydrogen) atoms. The van der Waals surface area contributed by atoms with Gasteiger partial charge in [-0.05, 0) is 12.1 Å². The second-order valence-electron chi connectivity index (χ2n) is 3.03. The molecule has 1 fully saturated rings. The molecule has 3 heteroatoms. The molecule has 0 aliphatic carbocycles. The molecule has 1 atom stereocenters. The van der Waals surface area contributed by atoms with Crippen LogP contribution >= 0.6 is 0 Å². The van der Waals surface area contributed by atoms with Crippen LogP contribution in [0.2, 0.25) is 0 Å². The van der Waals surface area contributed by atoms with E-state index in [1.807, 2.05) is 30.3 Å². The SMILES string of the molecule is C=C1OCC(OCc2ccccc2)O1. The summed E-state index contributed by atoms with van der Waals surface area (Å²) in [4.78, 5) is 0. The minimum absolute atomic E-state index is 0.317. The highest BCUT2D eigenvalue weighted by molar-refractivity contribution is 5.13. The van der Waals surface area contributed by atoms with Crippen molar-refractivity contribution >= 4 is 0 Å². The minimum Gasteiger partial charge on any atom is -0.459 e. The van der Waals surface area contributed by atoms with E-state index in [2.05, 4.69) is 6.58 Å². The Balaban J connectivity index is 1.80. The molecule has 1 saturated heterocycles. The maximum Gasteiger partial charge on any atom is 0.274 e. The molecular weight excluding hydrogens is 180 g/mol. The Morgan fingerprint density at radius 1 is 1.36 bits per heavy atom. The standard InChI is InChI=1S/C11H12O3/c1-9-12-8-11(14-9)13-7-10-5-3-2-4-6-10/h2-6,11H,1,7-8H2. The van der Waals surface area contributed by atoms with Crippen molar-refractivity contribution in [3.63, 3.8) is 0 Å². The van der Waals surface area contributed by atoms with Gasteiger partial charge in [-0.3, -0.25) is 0 Å². The second kappa shape index (κ2) is 4.15. The number of benzene rings is 1. The van der Waals surface area contributed by atoms with Gasteiger partial charge in [-0.15, -0.1) is 0 Å². The maximum absolute atomic E-state index is 5.45. The highest BCUT2D eigenvalue weighted by Gasteiger charge is 2.20. The largest absolute Gasteiger partial charge is 0.459 e. The van der Waals surface area contributed by atoms with Crippen LogP contribution in [0.25, 0.3) is 0 Å². The van der Waals surface area contributed by atoms with E-state index in [9.17, 15) is 0 Å². The van der Waals surface area contributed by atoms with Crippen LogP contribution in [-0.2, 0) is 20.8 Å². The molecule has 0 radical (unpaired) electrons. The highest BCUT2D eigenvalue weighted by atomic mass is 16.8. The van der Waals surface area contributed by atoms with Gasteiger partial charge in [-0.1, -0.05) is 30.3 Å². The van der Waals surface area contributed by atoms with E-state index >= 15 is 0 Å². The number of hydrogen-bond donors (Lipinski definition) is 0. The molecule has 0 aromatic heterocycles. The van der Waals surface area contributed by atoms with E-state index in [1.54, 1.807) is 0 Å². The van der Waals surface area contributed by atoms with Crippen LogP contribution in [0.5, 0.6) is 0 Å². The predicted molar refractivity (Wildman–Crippen MR) is 51.2 cm³/mol. The topological polar surface area (TPSA) is 27.7 Å². The number of ether oxygens (including phenoxy) is 3. The summed E-state index contributed by atoms with van der Waals surface area (Å²) in [6, 6.07) is 9.93. The first-order valence-electron chi connectivity index (χ1n) is 4.48. The van der Waals surface area contributed by atoms with Crippen LogP contribution in [0.1, 0.15) is 5.56 Å². The van der Waals surface area contributed by atoms with Gasteiger partial charge >= 0.3 is 0 Å². The third-order valence-electron chi connectivity index (χ3n) is 1.92. The van der Waals surface area contributed by atoms with Crippen LogP contribution in [-0.4, -0.2) is 12.9 Å². The summed E-state index contributed by atoms with van der Waals surface area (Å²) >= 11 is 0. The van der Waals surface area contributed by atoms with E-state index in [-0.39, 0.29) is 6.29 Å². The molecule has 3 nitrogen and oxygen atoms in total. The average molecular weight is 192 g/mol. The maximum atomic E-state index is 5.45. The zero-order valence-corrected chi connectivity index (χ0v) is 7.81. The lowest BCUT2D eigenvalue weighted by molar-refractivity contribution is -0.0942. The lowest BCUT2D eigenvalue weighted by Crippen LogP contribution is -2.13. The van der Waals surface area contributed by atoms with Crippen molar-refractivity contribution in [2.75, 3.05) is 6.61 Å². The Labute approximate surface area is 82.9 Å². The lowest BCUT2D eigenvalue weighted by atomic mass is 10.2. The van der Waals surface area contributed by atoms with Crippen molar-refractivity contribution < 1.29 is 14.2 Å². The molecule has 2 rings (SSSR count). The second-order valence-corrected chi connectivity index (χ2v) is 3.03. The summed E-state index contributed by atoms with van der Waals surface area (Å²) in [6.45, 7) is 4.49. The first-order valence-corrected chi connectivity index (χ1v) is 4.48. The Bertz CT molecular complexity index is 308. The monoisotopic (exact) mass is 192 g/mol. The molecule has 1 heterocycles. The third kappa shape index (κ3) is 2.26.